The molecule has 5 heteroatoms. The van der Waals surface area contributed by atoms with Crippen LogP contribution in [0.15, 0.2) is 61.2 Å². The number of hydrogen-bond acceptors (Lipinski definition) is 3. The highest BCUT2D eigenvalue weighted by atomic mass is 16.5. The fourth-order valence-electron chi connectivity index (χ4n) is 2.65. The minimum Gasteiger partial charge on any atom is -0.494 e. The monoisotopic (exact) mass is 380 g/mol. The molecule has 0 atom stereocenters. The molecular formula is C23H28N2O3. The van der Waals surface area contributed by atoms with Gasteiger partial charge in [-0.3, -0.25) is 9.59 Å². The fourth-order valence-corrected chi connectivity index (χ4v) is 2.65. The van der Waals surface area contributed by atoms with Crippen molar-refractivity contribution in [3.63, 3.8) is 0 Å². The number of anilines is 1. The Morgan fingerprint density at radius 2 is 1.86 bits per heavy atom. The first-order valence-corrected chi connectivity index (χ1v) is 9.62. The summed E-state index contributed by atoms with van der Waals surface area (Å²) in [6, 6.07) is 15.2. The third kappa shape index (κ3) is 7.27. The normalized spacial score (nSPS) is 10.2. The first-order valence-electron chi connectivity index (χ1n) is 9.62. The summed E-state index contributed by atoms with van der Waals surface area (Å²) in [6.07, 6.45) is 4.32. The van der Waals surface area contributed by atoms with Crippen LogP contribution in [0.1, 0.15) is 30.9 Å². The molecule has 148 valence electrons. The van der Waals surface area contributed by atoms with Gasteiger partial charge in [0.05, 0.1) is 13.0 Å². The molecular weight excluding hydrogens is 352 g/mol. The fraction of sp³-hybridized carbons (Fsp3) is 0.304. The minimum absolute atomic E-state index is 0.0835. The first-order chi connectivity index (χ1) is 13.6. The van der Waals surface area contributed by atoms with Crippen LogP contribution in [0.2, 0.25) is 0 Å². The van der Waals surface area contributed by atoms with E-state index in [0.29, 0.717) is 12.2 Å². The van der Waals surface area contributed by atoms with Crippen LogP contribution in [0, 0.1) is 0 Å². The van der Waals surface area contributed by atoms with Gasteiger partial charge in [-0.2, -0.15) is 0 Å². The van der Waals surface area contributed by atoms with E-state index < -0.39 is 0 Å². The second-order valence-electron chi connectivity index (χ2n) is 6.47. The minimum atomic E-state index is -0.296. The predicted octanol–water partition coefficient (Wildman–Crippen LogP) is 3.89. The van der Waals surface area contributed by atoms with Gasteiger partial charge in [0.1, 0.15) is 5.75 Å². The number of carbonyl (C=O) groups excluding carboxylic acids is 2. The molecule has 0 spiro atoms. The van der Waals surface area contributed by atoms with Gasteiger partial charge in [0.2, 0.25) is 11.8 Å². The zero-order valence-electron chi connectivity index (χ0n) is 16.4. The molecule has 0 fully saturated rings. The van der Waals surface area contributed by atoms with E-state index in [9.17, 15) is 9.59 Å². The summed E-state index contributed by atoms with van der Waals surface area (Å²) in [6.45, 7) is 6.87. The van der Waals surface area contributed by atoms with E-state index in [1.165, 1.54) is 6.08 Å². The number of hydrogen-bond donors (Lipinski definition) is 2. The molecule has 0 saturated heterocycles. The molecule has 0 aliphatic carbocycles. The Hall–Kier alpha value is -3.08. The van der Waals surface area contributed by atoms with E-state index in [1.807, 2.05) is 42.5 Å². The highest BCUT2D eigenvalue weighted by Gasteiger charge is 2.09. The molecule has 0 heterocycles. The predicted molar refractivity (Wildman–Crippen MR) is 113 cm³/mol. The van der Waals surface area contributed by atoms with Crippen molar-refractivity contribution in [1.82, 2.24) is 5.32 Å². The van der Waals surface area contributed by atoms with Gasteiger partial charge in [0, 0.05) is 12.2 Å². The lowest BCUT2D eigenvalue weighted by molar-refractivity contribution is -0.120. The van der Waals surface area contributed by atoms with Crippen molar-refractivity contribution >= 4 is 17.5 Å². The maximum Gasteiger partial charge on any atom is 0.247 e. The summed E-state index contributed by atoms with van der Waals surface area (Å²) in [5.41, 5.74) is 2.53. The van der Waals surface area contributed by atoms with Gasteiger partial charge in [0.25, 0.3) is 0 Å². The standard InChI is InChI=1S/C23H28N2O3/c1-3-5-16-28-20-12-10-18(11-13-20)14-15-24-23(27)17-19-8-6-7-9-21(19)25-22(26)4-2/h4,6-13H,2-3,5,14-17H2,1H3,(H,24,27)(H,25,26). The summed E-state index contributed by atoms with van der Waals surface area (Å²) >= 11 is 0. The van der Waals surface area contributed by atoms with E-state index in [1.54, 1.807) is 6.07 Å². The molecule has 0 aromatic heterocycles. The van der Waals surface area contributed by atoms with Crippen molar-refractivity contribution in [2.75, 3.05) is 18.5 Å². The first kappa shape index (κ1) is 21.2. The van der Waals surface area contributed by atoms with Gasteiger partial charge in [0.15, 0.2) is 0 Å². The smallest absolute Gasteiger partial charge is 0.247 e. The lowest BCUT2D eigenvalue weighted by atomic mass is 10.1. The lowest BCUT2D eigenvalue weighted by Gasteiger charge is -2.11. The molecule has 2 rings (SSSR count). The number of para-hydroxylation sites is 1. The van der Waals surface area contributed by atoms with Crippen LogP contribution < -0.4 is 15.4 Å². The van der Waals surface area contributed by atoms with Gasteiger partial charge in [-0.1, -0.05) is 50.3 Å². The number of nitrogens with one attached hydrogen (secondary N) is 2. The summed E-state index contributed by atoms with van der Waals surface area (Å²) < 4.78 is 5.65. The quantitative estimate of drug-likeness (QED) is 0.459. The van der Waals surface area contributed by atoms with Crippen LogP contribution in [0.5, 0.6) is 5.75 Å². The highest BCUT2D eigenvalue weighted by molar-refractivity contribution is 5.99. The molecule has 0 aliphatic heterocycles. The second kappa shape index (κ2) is 11.6. The molecule has 2 amide bonds. The number of rotatable bonds is 11. The number of carbonyl (C=O) groups is 2. The van der Waals surface area contributed by atoms with Gasteiger partial charge in [-0.25, -0.2) is 0 Å². The molecule has 0 bridgehead atoms. The summed E-state index contributed by atoms with van der Waals surface area (Å²) in [7, 11) is 0. The van der Waals surface area contributed by atoms with Crippen LogP contribution in [0.25, 0.3) is 0 Å². The van der Waals surface area contributed by atoms with Crippen molar-refractivity contribution < 1.29 is 14.3 Å². The number of amides is 2. The largest absolute Gasteiger partial charge is 0.494 e. The van der Waals surface area contributed by atoms with E-state index in [4.69, 9.17) is 4.74 Å². The van der Waals surface area contributed by atoms with E-state index in [2.05, 4.69) is 24.1 Å². The summed E-state index contributed by atoms with van der Waals surface area (Å²) in [5.74, 6) is 0.495. The van der Waals surface area contributed by atoms with Crippen LogP contribution in [0.3, 0.4) is 0 Å². The van der Waals surface area contributed by atoms with Crippen LogP contribution >= 0.6 is 0 Å². The molecule has 5 nitrogen and oxygen atoms in total. The molecule has 28 heavy (non-hydrogen) atoms. The molecule has 0 radical (unpaired) electrons. The Labute approximate surface area is 166 Å². The average Bonchev–Trinajstić information content (AvgIpc) is 2.70. The Bertz CT molecular complexity index is 785. The number of benzene rings is 2. The second-order valence-corrected chi connectivity index (χ2v) is 6.47. The van der Waals surface area contributed by atoms with E-state index in [-0.39, 0.29) is 18.2 Å². The Morgan fingerprint density at radius 3 is 2.57 bits per heavy atom. The maximum absolute atomic E-state index is 12.2. The zero-order chi connectivity index (χ0) is 20.2. The van der Waals surface area contributed by atoms with E-state index >= 15 is 0 Å². The van der Waals surface area contributed by atoms with Crippen molar-refractivity contribution in [1.29, 1.82) is 0 Å². The molecule has 0 aliphatic rings. The van der Waals surface area contributed by atoms with Crippen molar-refractivity contribution in [2.45, 2.75) is 32.6 Å². The average molecular weight is 380 g/mol. The van der Waals surface area contributed by atoms with Crippen LogP contribution in [-0.4, -0.2) is 25.0 Å². The Balaban J connectivity index is 1.79. The van der Waals surface area contributed by atoms with Crippen molar-refractivity contribution in [3.05, 3.63) is 72.3 Å². The summed E-state index contributed by atoms with van der Waals surface area (Å²) in [5, 5.41) is 5.65. The molecule has 0 saturated carbocycles. The summed E-state index contributed by atoms with van der Waals surface area (Å²) in [4.78, 5) is 23.8. The van der Waals surface area contributed by atoms with Crippen molar-refractivity contribution in [2.24, 2.45) is 0 Å². The van der Waals surface area contributed by atoms with Gasteiger partial charge < -0.3 is 15.4 Å². The Kier molecular flexibility index (Phi) is 8.79. The zero-order valence-corrected chi connectivity index (χ0v) is 16.4. The SMILES string of the molecule is C=CC(=O)Nc1ccccc1CC(=O)NCCc1ccc(OCCCC)cc1. The van der Waals surface area contributed by atoms with Gasteiger partial charge in [-0.15, -0.1) is 0 Å². The van der Waals surface area contributed by atoms with Crippen molar-refractivity contribution in [3.8, 4) is 5.75 Å². The van der Waals surface area contributed by atoms with Crippen LogP contribution in [-0.2, 0) is 22.4 Å². The van der Waals surface area contributed by atoms with E-state index in [0.717, 1.165) is 42.7 Å². The van der Waals surface area contributed by atoms with Crippen LogP contribution in [0.4, 0.5) is 5.69 Å². The number of unbranched alkanes of at least 4 members (excludes halogenated alkanes) is 1. The third-order valence-electron chi connectivity index (χ3n) is 4.24. The van der Waals surface area contributed by atoms with Gasteiger partial charge in [-0.05, 0) is 48.2 Å². The third-order valence-corrected chi connectivity index (χ3v) is 4.24. The molecule has 0 unspecified atom stereocenters. The molecule has 2 aromatic rings. The number of ether oxygens (including phenoxy) is 1. The molecule has 2 aromatic carbocycles. The Morgan fingerprint density at radius 1 is 1.11 bits per heavy atom. The van der Waals surface area contributed by atoms with Gasteiger partial charge >= 0.3 is 0 Å². The lowest BCUT2D eigenvalue weighted by Crippen LogP contribution is -2.27. The molecule has 2 N–H and O–H groups in total. The maximum atomic E-state index is 12.2. The topological polar surface area (TPSA) is 67.4 Å². The highest BCUT2D eigenvalue weighted by Crippen LogP contribution is 2.16.